The van der Waals surface area contributed by atoms with E-state index in [1.807, 2.05) is 37.3 Å². The Balaban J connectivity index is 1.67. The Bertz CT molecular complexity index is 651. The normalized spacial score (nSPS) is 17.9. The van der Waals surface area contributed by atoms with Crippen molar-refractivity contribution in [1.29, 1.82) is 0 Å². The summed E-state index contributed by atoms with van der Waals surface area (Å²) < 4.78 is 5.30. The number of benzene rings is 1. The number of nitrogens with zero attached hydrogens (tertiary/aromatic N) is 1. The molecule has 1 aromatic heterocycles. The molecule has 2 aromatic rings. The molecule has 1 aliphatic rings. The number of ether oxygens (including phenoxy) is 1. The fourth-order valence-electron chi connectivity index (χ4n) is 2.51. The van der Waals surface area contributed by atoms with Crippen LogP contribution < -0.4 is 10.6 Å². The Morgan fingerprint density at radius 1 is 1.38 bits per heavy atom. The van der Waals surface area contributed by atoms with Crippen molar-refractivity contribution in [1.82, 2.24) is 10.3 Å². The van der Waals surface area contributed by atoms with Crippen molar-refractivity contribution in [2.75, 3.05) is 25.1 Å². The molecule has 1 unspecified atom stereocenters. The molecular weight excluding hydrogens is 266 g/mol. The van der Waals surface area contributed by atoms with Crippen LogP contribution in [0.2, 0.25) is 0 Å². The van der Waals surface area contributed by atoms with Crippen molar-refractivity contribution in [3.8, 4) is 0 Å². The number of aryl methyl sites for hydroxylation is 1. The number of hydrogen-bond acceptors (Lipinski definition) is 3. The van der Waals surface area contributed by atoms with Crippen molar-refractivity contribution < 1.29 is 9.53 Å². The van der Waals surface area contributed by atoms with Gasteiger partial charge >= 0.3 is 6.03 Å². The fourth-order valence-corrected chi connectivity index (χ4v) is 2.51. The molecule has 1 fully saturated rings. The van der Waals surface area contributed by atoms with Crippen molar-refractivity contribution in [3.63, 3.8) is 0 Å². The molecule has 5 nitrogen and oxygen atoms in total. The number of pyridine rings is 1. The number of anilines is 1. The van der Waals surface area contributed by atoms with Gasteiger partial charge in [-0.15, -0.1) is 0 Å². The van der Waals surface area contributed by atoms with Crippen LogP contribution >= 0.6 is 0 Å². The second kappa shape index (κ2) is 6.10. The molecule has 2 N–H and O–H groups in total. The second-order valence-electron chi connectivity index (χ2n) is 5.39. The van der Waals surface area contributed by atoms with Crippen LogP contribution in [-0.4, -0.2) is 30.8 Å². The van der Waals surface area contributed by atoms with Gasteiger partial charge in [0.25, 0.3) is 0 Å². The summed E-state index contributed by atoms with van der Waals surface area (Å²) in [7, 11) is 0. The number of urea groups is 1. The lowest BCUT2D eigenvalue weighted by Crippen LogP contribution is -2.33. The van der Waals surface area contributed by atoms with Gasteiger partial charge in [0.05, 0.1) is 17.8 Å². The molecule has 2 amide bonds. The topological polar surface area (TPSA) is 63.2 Å². The fraction of sp³-hybridized carbons (Fsp3) is 0.375. The minimum absolute atomic E-state index is 0.185. The summed E-state index contributed by atoms with van der Waals surface area (Å²) in [5.74, 6) is 0.424. The number of carbonyl (C=O) groups excluding carboxylic acids is 1. The van der Waals surface area contributed by atoms with E-state index in [1.165, 1.54) is 0 Å². The van der Waals surface area contributed by atoms with Crippen LogP contribution in [0.25, 0.3) is 10.9 Å². The first-order chi connectivity index (χ1) is 10.2. The maximum absolute atomic E-state index is 12.0. The highest BCUT2D eigenvalue weighted by atomic mass is 16.5. The first-order valence-electron chi connectivity index (χ1n) is 7.21. The summed E-state index contributed by atoms with van der Waals surface area (Å²) in [6.07, 6.45) is 1.01. The van der Waals surface area contributed by atoms with E-state index in [0.29, 0.717) is 12.5 Å². The Hall–Kier alpha value is -2.14. The highest BCUT2D eigenvalue weighted by molar-refractivity contribution is 6.00. The van der Waals surface area contributed by atoms with Crippen LogP contribution in [0, 0.1) is 12.8 Å². The molecule has 3 rings (SSSR count). The van der Waals surface area contributed by atoms with Crippen molar-refractivity contribution in [3.05, 3.63) is 36.0 Å². The number of hydrogen-bond donors (Lipinski definition) is 2. The maximum Gasteiger partial charge on any atom is 0.319 e. The number of carbonyl (C=O) groups is 1. The quantitative estimate of drug-likeness (QED) is 0.911. The van der Waals surface area contributed by atoms with E-state index in [0.717, 1.165) is 41.9 Å². The van der Waals surface area contributed by atoms with Gasteiger partial charge < -0.3 is 15.4 Å². The largest absolute Gasteiger partial charge is 0.381 e. The van der Waals surface area contributed by atoms with Crippen LogP contribution in [0.15, 0.2) is 30.3 Å². The van der Waals surface area contributed by atoms with E-state index in [1.54, 1.807) is 0 Å². The lowest BCUT2D eigenvalue weighted by molar-refractivity contribution is 0.185. The first-order valence-corrected chi connectivity index (χ1v) is 7.21. The van der Waals surface area contributed by atoms with Gasteiger partial charge in [-0.3, -0.25) is 4.98 Å². The van der Waals surface area contributed by atoms with Gasteiger partial charge in [-0.1, -0.05) is 6.07 Å². The van der Waals surface area contributed by atoms with Crippen molar-refractivity contribution >= 4 is 22.6 Å². The highest BCUT2D eigenvalue weighted by Crippen LogP contribution is 2.22. The Morgan fingerprint density at radius 3 is 3.10 bits per heavy atom. The maximum atomic E-state index is 12.0. The van der Waals surface area contributed by atoms with Gasteiger partial charge in [0.2, 0.25) is 0 Å². The summed E-state index contributed by atoms with van der Waals surface area (Å²) >= 11 is 0. The molecule has 1 atom stereocenters. The molecule has 0 spiro atoms. The van der Waals surface area contributed by atoms with Crippen LogP contribution in [0.5, 0.6) is 0 Å². The summed E-state index contributed by atoms with van der Waals surface area (Å²) in [6.45, 7) is 4.13. The molecule has 0 radical (unpaired) electrons. The van der Waals surface area contributed by atoms with Gasteiger partial charge in [0.1, 0.15) is 0 Å². The SMILES string of the molecule is Cc1ccc2c(NC(=O)NCC3CCOC3)cccc2n1. The third-order valence-electron chi connectivity index (χ3n) is 3.69. The van der Waals surface area contributed by atoms with Crippen LogP contribution in [0.1, 0.15) is 12.1 Å². The van der Waals surface area contributed by atoms with E-state index >= 15 is 0 Å². The van der Waals surface area contributed by atoms with E-state index in [2.05, 4.69) is 15.6 Å². The number of fused-ring (bicyclic) bond motifs is 1. The lowest BCUT2D eigenvalue weighted by atomic mass is 10.1. The zero-order valence-electron chi connectivity index (χ0n) is 12.1. The zero-order valence-corrected chi connectivity index (χ0v) is 12.1. The van der Waals surface area contributed by atoms with E-state index in [9.17, 15) is 4.79 Å². The minimum atomic E-state index is -0.185. The monoisotopic (exact) mass is 285 g/mol. The minimum Gasteiger partial charge on any atom is -0.381 e. The molecule has 0 aliphatic carbocycles. The van der Waals surface area contributed by atoms with Crippen LogP contribution in [0.3, 0.4) is 0 Å². The Kier molecular flexibility index (Phi) is 4.01. The zero-order chi connectivity index (χ0) is 14.7. The predicted molar refractivity (Wildman–Crippen MR) is 82.4 cm³/mol. The average Bonchev–Trinajstić information content (AvgIpc) is 2.98. The highest BCUT2D eigenvalue weighted by Gasteiger charge is 2.16. The molecule has 0 saturated carbocycles. The smallest absolute Gasteiger partial charge is 0.319 e. The predicted octanol–water partition coefficient (Wildman–Crippen LogP) is 2.70. The second-order valence-corrected chi connectivity index (χ2v) is 5.39. The molecule has 1 aromatic carbocycles. The molecule has 21 heavy (non-hydrogen) atoms. The van der Waals surface area contributed by atoms with Crippen LogP contribution in [-0.2, 0) is 4.74 Å². The van der Waals surface area contributed by atoms with E-state index in [4.69, 9.17) is 4.74 Å². The molecule has 5 heteroatoms. The van der Waals surface area contributed by atoms with Gasteiger partial charge in [-0.2, -0.15) is 0 Å². The van der Waals surface area contributed by atoms with Gasteiger partial charge in [0.15, 0.2) is 0 Å². The summed E-state index contributed by atoms with van der Waals surface area (Å²) in [4.78, 5) is 16.5. The average molecular weight is 285 g/mol. The van der Waals surface area contributed by atoms with Gasteiger partial charge in [-0.25, -0.2) is 4.79 Å². The number of aromatic nitrogens is 1. The van der Waals surface area contributed by atoms with Gasteiger partial charge in [0, 0.05) is 30.1 Å². The molecule has 1 saturated heterocycles. The molecule has 110 valence electrons. The van der Waals surface area contributed by atoms with Crippen molar-refractivity contribution in [2.45, 2.75) is 13.3 Å². The third-order valence-corrected chi connectivity index (χ3v) is 3.69. The first kappa shape index (κ1) is 13.8. The van der Waals surface area contributed by atoms with Gasteiger partial charge in [-0.05, 0) is 37.6 Å². The molecular formula is C16H19N3O2. The van der Waals surface area contributed by atoms with Crippen molar-refractivity contribution in [2.24, 2.45) is 5.92 Å². The molecule has 2 heterocycles. The number of amides is 2. The Morgan fingerprint density at radius 2 is 2.29 bits per heavy atom. The number of nitrogens with one attached hydrogen (secondary N) is 2. The Labute approximate surface area is 123 Å². The molecule has 0 bridgehead atoms. The number of rotatable bonds is 3. The lowest BCUT2D eigenvalue weighted by Gasteiger charge is -2.12. The summed E-state index contributed by atoms with van der Waals surface area (Å²) in [6, 6.07) is 9.47. The van der Waals surface area contributed by atoms with E-state index in [-0.39, 0.29) is 6.03 Å². The van der Waals surface area contributed by atoms with Crippen LogP contribution in [0.4, 0.5) is 10.5 Å². The summed E-state index contributed by atoms with van der Waals surface area (Å²) in [5, 5.41) is 6.74. The molecule has 1 aliphatic heterocycles. The summed E-state index contributed by atoms with van der Waals surface area (Å²) in [5.41, 5.74) is 2.63. The third kappa shape index (κ3) is 3.31. The standard InChI is InChI=1S/C16H19N3O2/c1-11-5-6-13-14(18-11)3-2-4-15(13)19-16(20)17-9-12-7-8-21-10-12/h2-6,12H,7-10H2,1H3,(H2,17,19,20). The van der Waals surface area contributed by atoms with E-state index < -0.39 is 0 Å².